The molecule has 1 aliphatic heterocycles. The summed E-state index contributed by atoms with van der Waals surface area (Å²) in [6.45, 7) is 2.03. The molecule has 0 aromatic heterocycles. The maximum Gasteiger partial charge on any atom is 0.223 e. The second-order valence-corrected chi connectivity index (χ2v) is 3.52. The summed E-state index contributed by atoms with van der Waals surface area (Å²) in [7, 11) is 5.75. The van der Waals surface area contributed by atoms with Crippen LogP contribution in [0.3, 0.4) is 0 Å². The Bertz CT molecular complexity index is 286. The molecule has 4 nitrogen and oxygen atoms in total. The second kappa shape index (κ2) is 4.79. The topological polar surface area (TPSA) is 40.0 Å². The molecule has 0 aliphatic carbocycles. The second-order valence-electron chi connectivity index (χ2n) is 3.52. The number of rotatable bonds is 0. The number of hydrogen-bond donors (Lipinski definition) is 1. The number of amidine groups is 1. The Kier molecular flexibility index (Phi) is 3.68. The van der Waals surface area contributed by atoms with E-state index in [0.717, 1.165) is 24.4 Å². The summed E-state index contributed by atoms with van der Waals surface area (Å²) >= 11 is 0. The van der Waals surface area contributed by atoms with E-state index in [2.05, 4.69) is 21.4 Å². The van der Waals surface area contributed by atoms with Gasteiger partial charge in [-0.25, -0.2) is 4.99 Å². The predicted octanol–water partition coefficient (Wildman–Crippen LogP) is 1.22. The van der Waals surface area contributed by atoms with Gasteiger partial charge in [-0.15, -0.1) is 0 Å². The van der Waals surface area contributed by atoms with Crippen molar-refractivity contribution in [3.05, 3.63) is 11.8 Å². The van der Waals surface area contributed by atoms with E-state index in [-0.39, 0.29) is 0 Å². The molecule has 0 spiro atoms. The van der Waals surface area contributed by atoms with E-state index < -0.39 is 0 Å². The van der Waals surface area contributed by atoms with E-state index >= 15 is 0 Å². The molecule has 78 valence electrons. The number of hydrogen-bond acceptors (Lipinski definition) is 2. The summed E-state index contributed by atoms with van der Waals surface area (Å²) < 4.78 is 0. The molecular formula is C10H18N4. The summed E-state index contributed by atoms with van der Waals surface area (Å²) in [5.74, 6) is 1.74. The quantitative estimate of drug-likeness (QED) is 0.630. The molecule has 0 bridgehead atoms. The molecule has 0 radical (unpaired) electrons. The van der Waals surface area contributed by atoms with E-state index in [1.807, 2.05) is 25.9 Å². The first-order valence-corrected chi connectivity index (χ1v) is 4.79. The van der Waals surface area contributed by atoms with Gasteiger partial charge in [0, 0.05) is 33.3 Å². The highest BCUT2D eigenvalue weighted by molar-refractivity contribution is 5.96. The normalized spacial score (nSPS) is 24.1. The van der Waals surface area contributed by atoms with Crippen LogP contribution in [-0.4, -0.2) is 37.8 Å². The third kappa shape index (κ3) is 2.87. The van der Waals surface area contributed by atoms with E-state index in [0.29, 0.717) is 5.96 Å². The first-order chi connectivity index (χ1) is 6.63. The summed E-state index contributed by atoms with van der Waals surface area (Å²) in [6, 6.07) is 0. The van der Waals surface area contributed by atoms with E-state index in [1.54, 1.807) is 7.05 Å². The average Bonchev–Trinajstić information content (AvgIpc) is 2.10. The van der Waals surface area contributed by atoms with E-state index in [1.165, 1.54) is 0 Å². The third-order valence-corrected chi connectivity index (χ3v) is 2.09. The Morgan fingerprint density at radius 3 is 2.79 bits per heavy atom. The molecule has 0 fully saturated rings. The summed E-state index contributed by atoms with van der Waals surface area (Å²) in [6.07, 6.45) is 4.15. The van der Waals surface area contributed by atoms with Crippen molar-refractivity contribution in [1.82, 2.24) is 10.2 Å². The Labute approximate surface area is 85.4 Å². The number of nitrogens with zero attached hydrogens (tertiary/aromatic N) is 3. The molecule has 1 N–H and O–H groups in total. The molecule has 1 rings (SSSR count). The van der Waals surface area contributed by atoms with Gasteiger partial charge >= 0.3 is 0 Å². The molecule has 1 heterocycles. The molecule has 0 unspecified atom stereocenters. The summed E-state index contributed by atoms with van der Waals surface area (Å²) in [5.41, 5.74) is 1.12. The van der Waals surface area contributed by atoms with Crippen molar-refractivity contribution in [2.75, 3.05) is 21.1 Å². The minimum atomic E-state index is 0.683. The fraction of sp³-hybridized carbons (Fsp3) is 0.600. The Hall–Kier alpha value is -1.32. The van der Waals surface area contributed by atoms with Gasteiger partial charge in [-0.3, -0.25) is 4.99 Å². The zero-order valence-electron chi connectivity index (χ0n) is 9.33. The van der Waals surface area contributed by atoms with Crippen LogP contribution in [0.15, 0.2) is 21.8 Å². The first-order valence-electron chi connectivity index (χ1n) is 4.79. The van der Waals surface area contributed by atoms with Gasteiger partial charge in [0.05, 0.1) is 0 Å². The van der Waals surface area contributed by atoms with Crippen molar-refractivity contribution in [2.45, 2.75) is 19.8 Å². The lowest BCUT2D eigenvalue weighted by Gasteiger charge is -2.18. The molecular weight excluding hydrogens is 176 g/mol. The molecule has 0 atom stereocenters. The molecule has 0 saturated carbocycles. The van der Waals surface area contributed by atoms with Gasteiger partial charge in [-0.05, 0) is 13.3 Å². The van der Waals surface area contributed by atoms with Crippen LogP contribution < -0.4 is 5.32 Å². The Balaban J connectivity index is 2.86. The number of guanidine groups is 1. The van der Waals surface area contributed by atoms with Crippen molar-refractivity contribution in [3.8, 4) is 0 Å². The van der Waals surface area contributed by atoms with Crippen LogP contribution >= 0.6 is 0 Å². The van der Waals surface area contributed by atoms with Gasteiger partial charge < -0.3 is 10.2 Å². The van der Waals surface area contributed by atoms with Crippen molar-refractivity contribution in [1.29, 1.82) is 0 Å². The van der Waals surface area contributed by atoms with Crippen molar-refractivity contribution in [2.24, 2.45) is 9.98 Å². The van der Waals surface area contributed by atoms with Crippen LogP contribution in [0.1, 0.15) is 19.8 Å². The molecule has 1 aliphatic rings. The monoisotopic (exact) mass is 194 g/mol. The summed E-state index contributed by atoms with van der Waals surface area (Å²) in [4.78, 5) is 10.6. The Morgan fingerprint density at radius 1 is 1.50 bits per heavy atom. The number of allylic oxidation sites excluding steroid dienone is 2. The lowest BCUT2D eigenvalue weighted by atomic mass is 10.2. The molecule has 0 saturated heterocycles. The van der Waals surface area contributed by atoms with Gasteiger partial charge in [0.2, 0.25) is 5.96 Å². The highest BCUT2D eigenvalue weighted by Crippen LogP contribution is 2.04. The summed E-state index contributed by atoms with van der Waals surface area (Å²) in [5, 5.41) is 3.15. The van der Waals surface area contributed by atoms with Crippen LogP contribution in [0.2, 0.25) is 0 Å². The highest BCUT2D eigenvalue weighted by atomic mass is 15.2. The molecule has 0 amide bonds. The number of nitrogens with one attached hydrogen (secondary N) is 1. The van der Waals surface area contributed by atoms with E-state index in [9.17, 15) is 0 Å². The van der Waals surface area contributed by atoms with Crippen molar-refractivity contribution < 1.29 is 0 Å². The minimum absolute atomic E-state index is 0.683. The van der Waals surface area contributed by atoms with Crippen LogP contribution in [0.5, 0.6) is 0 Å². The lowest BCUT2D eigenvalue weighted by Crippen LogP contribution is -2.29. The van der Waals surface area contributed by atoms with Gasteiger partial charge in [0.15, 0.2) is 0 Å². The van der Waals surface area contributed by atoms with Gasteiger partial charge in [0.25, 0.3) is 0 Å². The van der Waals surface area contributed by atoms with Crippen LogP contribution in [0, 0.1) is 0 Å². The largest absolute Gasteiger partial charge is 0.366 e. The smallest absolute Gasteiger partial charge is 0.223 e. The molecule has 4 heteroatoms. The zero-order valence-corrected chi connectivity index (χ0v) is 9.33. The molecule has 14 heavy (non-hydrogen) atoms. The number of aliphatic imine (C=N–C) groups is 2. The Morgan fingerprint density at radius 2 is 2.21 bits per heavy atom. The van der Waals surface area contributed by atoms with Crippen LogP contribution in [-0.2, 0) is 0 Å². The minimum Gasteiger partial charge on any atom is -0.366 e. The first kappa shape index (κ1) is 10.8. The standard InChI is InChI=1S/C10H18N4/c1-8-6-5-7-9(14(3)4)13-10(11-2)12-8/h6H,5,7H2,1-4H3,(H,11,12)/b8-6-,13-9?. The maximum atomic E-state index is 4.44. The lowest BCUT2D eigenvalue weighted by molar-refractivity contribution is 0.603. The van der Waals surface area contributed by atoms with Gasteiger partial charge in [-0.1, -0.05) is 6.08 Å². The third-order valence-electron chi connectivity index (χ3n) is 2.09. The highest BCUT2D eigenvalue weighted by Gasteiger charge is 2.07. The zero-order chi connectivity index (χ0) is 10.6. The fourth-order valence-corrected chi connectivity index (χ4v) is 1.28. The van der Waals surface area contributed by atoms with Crippen molar-refractivity contribution in [3.63, 3.8) is 0 Å². The van der Waals surface area contributed by atoms with E-state index in [4.69, 9.17) is 0 Å². The SMILES string of the molecule is CN=C1N=C(N(C)C)CC/C=C(/C)N1. The maximum absolute atomic E-state index is 4.44. The van der Waals surface area contributed by atoms with Crippen molar-refractivity contribution >= 4 is 11.8 Å². The fourth-order valence-electron chi connectivity index (χ4n) is 1.28. The van der Waals surface area contributed by atoms with Crippen LogP contribution in [0.25, 0.3) is 0 Å². The van der Waals surface area contributed by atoms with Crippen LogP contribution in [0.4, 0.5) is 0 Å². The molecule has 0 aromatic carbocycles. The van der Waals surface area contributed by atoms with Gasteiger partial charge in [-0.2, -0.15) is 0 Å². The average molecular weight is 194 g/mol. The predicted molar refractivity (Wildman–Crippen MR) is 60.6 cm³/mol. The van der Waals surface area contributed by atoms with Gasteiger partial charge in [0.1, 0.15) is 5.84 Å². The molecule has 0 aromatic rings.